The topological polar surface area (TPSA) is 93.1 Å². The molecule has 1 aliphatic rings. The molecule has 2 heterocycles. The summed E-state index contributed by atoms with van der Waals surface area (Å²) in [4.78, 5) is 39.6. The number of carbonyl (C=O) groups excluding carboxylic acids is 3. The minimum Gasteiger partial charge on any atom is -0.347 e. The number of quaternary nitrogens is 1. The number of halogens is 4. The zero-order chi connectivity index (χ0) is 26.9. The van der Waals surface area contributed by atoms with Gasteiger partial charge in [0.1, 0.15) is 0 Å². The van der Waals surface area contributed by atoms with Gasteiger partial charge in [-0.1, -0.05) is 58.5 Å². The number of likely N-dealkylation sites (tertiary alicyclic amines) is 1. The Labute approximate surface area is 234 Å². The highest BCUT2D eigenvalue weighted by Gasteiger charge is 2.30. The minimum absolute atomic E-state index is 0.00179. The number of rotatable bonds is 5. The predicted molar refractivity (Wildman–Crippen MR) is 145 cm³/mol. The van der Waals surface area contributed by atoms with E-state index < -0.39 is 17.7 Å². The molecule has 2 amide bonds. The van der Waals surface area contributed by atoms with Crippen LogP contribution in [0.2, 0.25) is 20.1 Å². The van der Waals surface area contributed by atoms with Crippen LogP contribution in [-0.2, 0) is 0 Å². The molecule has 0 radical (unpaired) electrons. The number of hydrogen-bond donors (Lipinski definition) is 2. The minimum atomic E-state index is -0.669. The molecule has 1 fully saturated rings. The maximum atomic E-state index is 13.3. The van der Waals surface area contributed by atoms with Crippen molar-refractivity contribution in [1.29, 1.82) is 0 Å². The number of amides is 2. The molecule has 12 heteroatoms. The molecule has 0 bridgehead atoms. The normalized spacial score (nSPS) is 15.3. The van der Waals surface area contributed by atoms with Gasteiger partial charge in [-0.05, 0) is 24.3 Å². The fourth-order valence-electron chi connectivity index (χ4n) is 4.12. The van der Waals surface area contributed by atoms with Crippen LogP contribution in [0, 0.1) is 0 Å². The van der Waals surface area contributed by atoms with Gasteiger partial charge in [0, 0.05) is 18.9 Å². The Kier molecular flexibility index (Phi) is 8.16. The first-order valence-corrected chi connectivity index (χ1v) is 12.9. The van der Waals surface area contributed by atoms with Gasteiger partial charge in [0.25, 0.3) is 17.7 Å². The van der Waals surface area contributed by atoms with E-state index in [1.165, 1.54) is 30.5 Å². The molecule has 4 rings (SSSR count). The molecule has 1 aromatic heterocycles. The van der Waals surface area contributed by atoms with E-state index in [1.54, 1.807) is 12.1 Å². The van der Waals surface area contributed by atoms with Crippen molar-refractivity contribution >= 4 is 69.8 Å². The average Bonchev–Trinajstić information content (AvgIpc) is 3.24. The highest BCUT2D eigenvalue weighted by atomic mass is 35.5. The largest absolute Gasteiger partial charge is 0.347 e. The highest BCUT2D eigenvalue weighted by Crippen LogP contribution is 2.28. The number of benzene rings is 2. The second-order valence-electron chi connectivity index (χ2n) is 9.42. The standard InChI is InChI=1S/C25H23Cl4N5O3/c1-34(2)11-9-14(10-12-34)30-24(36)22-19(31-23(35)20-15(26)5-3-6-16(20)27)13-33(32-22)25(37)21-17(28)7-4-8-18(21)29/h3-8,13-14H,9-12H2,1-2H3,(H-,30,31,35,36)/p+1. The fourth-order valence-corrected chi connectivity index (χ4v) is 5.25. The first kappa shape index (κ1) is 27.4. The molecule has 1 saturated heterocycles. The summed E-state index contributed by atoms with van der Waals surface area (Å²) in [5.74, 6) is -1.86. The van der Waals surface area contributed by atoms with E-state index in [4.69, 9.17) is 46.4 Å². The van der Waals surface area contributed by atoms with Crippen LogP contribution in [0.5, 0.6) is 0 Å². The number of hydrogen-bond acceptors (Lipinski definition) is 4. The number of aromatic nitrogens is 2. The van der Waals surface area contributed by atoms with Crippen molar-refractivity contribution in [3.63, 3.8) is 0 Å². The summed E-state index contributed by atoms with van der Waals surface area (Å²) in [5, 5.41) is 10.3. The monoisotopic (exact) mass is 582 g/mol. The van der Waals surface area contributed by atoms with E-state index in [-0.39, 0.29) is 48.6 Å². The van der Waals surface area contributed by atoms with Gasteiger partial charge in [-0.15, -0.1) is 0 Å². The van der Waals surface area contributed by atoms with Crippen LogP contribution >= 0.6 is 46.4 Å². The lowest BCUT2D eigenvalue weighted by molar-refractivity contribution is -0.895. The van der Waals surface area contributed by atoms with Crippen molar-refractivity contribution in [2.75, 3.05) is 32.5 Å². The van der Waals surface area contributed by atoms with E-state index >= 15 is 0 Å². The van der Waals surface area contributed by atoms with Gasteiger partial charge >= 0.3 is 0 Å². The molecule has 37 heavy (non-hydrogen) atoms. The van der Waals surface area contributed by atoms with Crippen molar-refractivity contribution in [2.45, 2.75) is 18.9 Å². The van der Waals surface area contributed by atoms with Crippen molar-refractivity contribution in [3.05, 3.63) is 79.5 Å². The molecule has 2 aromatic carbocycles. The van der Waals surface area contributed by atoms with Gasteiger partial charge in [0.2, 0.25) is 0 Å². The maximum Gasteiger partial charge on any atom is 0.281 e. The molecule has 0 aliphatic carbocycles. The summed E-state index contributed by atoms with van der Waals surface area (Å²) in [7, 11) is 4.28. The van der Waals surface area contributed by atoms with Crippen LogP contribution in [0.4, 0.5) is 5.69 Å². The zero-order valence-electron chi connectivity index (χ0n) is 20.0. The maximum absolute atomic E-state index is 13.3. The molecule has 0 saturated carbocycles. The van der Waals surface area contributed by atoms with Gasteiger partial charge in [-0.25, -0.2) is 4.68 Å². The van der Waals surface area contributed by atoms with Crippen LogP contribution in [0.15, 0.2) is 42.6 Å². The molecule has 2 N–H and O–H groups in total. The number of carbonyl (C=O) groups is 3. The van der Waals surface area contributed by atoms with Gasteiger partial charge in [0.05, 0.1) is 70.3 Å². The summed E-state index contributed by atoms with van der Waals surface area (Å²) in [6.07, 6.45) is 2.80. The van der Waals surface area contributed by atoms with Crippen LogP contribution in [0.1, 0.15) is 44.0 Å². The van der Waals surface area contributed by atoms with Crippen molar-refractivity contribution in [1.82, 2.24) is 15.1 Å². The predicted octanol–water partition coefficient (Wildman–Crippen LogP) is 5.41. The summed E-state index contributed by atoms with van der Waals surface area (Å²) in [5.41, 5.74) is -0.105. The SMILES string of the molecule is C[N+]1(C)CCC(NC(=O)c2nn(C(=O)c3c(Cl)cccc3Cl)cc2NC(=O)c2c(Cl)cccc2Cl)CC1. The average molecular weight is 584 g/mol. The van der Waals surface area contributed by atoms with E-state index in [2.05, 4.69) is 29.8 Å². The van der Waals surface area contributed by atoms with Crippen LogP contribution in [0.25, 0.3) is 0 Å². The molecule has 3 aromatic rings. The smallest absolute Gasteiger partial charge is 0.281 e. The quantitative estimate of drug-likeness (QED) is 0.393. The lowest BCUT2D eigenvalue weighted by atomic mass is 10.0. The third kappa shape index (κ3) is 6.10. The Morgan fingerprint density at radius 1 is 0.865 bits per heavy atom. The number of nitrogens with zero attached hydrogens (tertiary/aromatic N) is 3. The fraction of sp³-hybridized carbons (Fsp3) is 0.280. The lowest BCUT2D eigenvalue weighted by Gasteiger charge is -2.37. The van der Waals surface area contributed by atoms with Crippen LogP contribution < -0.4 is 10.6 Å². The molecular weight excluding hydrogens is 560 g/mol. The van der Waals surface area contributed by atoms with Crippen molar-refractivity contribution in [3.8, 4) is 0 Å². The first-order valence-electron chi connectivity index (χ1n) is 11.4. The Hall–Kier alpha value is -2.62. The van der Waals surface area contributed by atoms with Crippen molar-refractivity contribution in [2.24, 2.45) is 0 Å². The molecule has 0 spiro atoms. The highest BCUT2D eigenvalue weighted by molar-refractivity contribution is 6.41. The Balaban J connectivity index is 1.68. The van der Waals surface area contributed by atoms with Gasteiger partial charge in [-0.2, -0.15) is 5.10 Å². The Bertz CT molecular complexity index is 1340. The van der Waals surface area contributed by atoms with Gasteiger partial charge in [-0.3, -0.25) is 14.4 Å². The number of piperidine rings is 1. The third-order valence-electron chi connectivity index (χ3n) is 6.25. The Morgan fingerprint density at radius 3 is 1.92 bits per heavy atom. The third-order valence-corrected chi connectivity index (χ3v) is 7.51. The summed E-state index contributed by atoms with van der Waals surface area (Å²) < 4.78 is 1.79. The van der Waals surface area contributed by atoms with Crippen molar-refractivity contribution < 1.29 is 18.9 Å². The van der Waals surface area contributed by atoms with E-state index in [9.17, 15) is 14.4 Å². The van der Waals surface area contributed by atoms with E-state index in [0.29, 0.717) is 0 Å². The van der Waals surface area contributed by atoms with E-state index in [0.717, 1.165) is 35.1 Å². The molecule has 8 nitrogen and oxygen atoms in total. The molecule has 0 atom stereocenters. The van der Waals surface area contributed by atoms with E-state index in [1.807, 2.05) is 0 Å². The first-order chi connectivity index (χ1) is 17.5. The Morgan fingerprint density at radius 2 is 1.38 bits per heavy atom. The summed E-state index contributed by atoms with van der Waals surface area (Å²) in [6.45, 7) is 1.80. The second-order valence-corrected chi connectivity index (χ2v) is 11.0. The van der Waals surface area contributed by atoms with Crippen LogP contribution in [-0.4, -0.2) is 65.2 Å². The molecule has 194 valence electrons. The number of anilines is 1. The van der Waals surface area contributed by atoms with Gasteiger partial charge < -0.3 is 15.1 Å². The number of nitrogens with one attached hydrogen (secondary N) is 2. The molecule has 1 aliphatic heterocycles. The zero-order valence-corrected chi connectivity index (χ0v) is 23.0. The lowest BCUT2D eigenvalue weighted by Crippen LogP contribution is -2.51. The molecule has 0 unspecified atom stereocenters. The summed E-state index contributed by atoms with van der Waals surface area (Å²) in [6, 6.07) is 9.21. The van der Waals surface area contributed by atoms with Gasteiger partial charge in [0.15, 0.2) is 5.69 Å². The summed E-state index contributed by atoms with van der Waals surface area (Å²) >= 11 is 24.8. The molecular formula is C25H24Cl4N5O3+. The van der Waals surface area contributed by atoms with Crippen LogP contribution in [0.3, 0.4) is 0 Å². The second kappa shape index (κ2) is 11.0.